The third-order valence-electron chi connectivity index (χ3n) is 10.9. The molecule has 0 aliphatic heterocycles. The van der Waals surface area contributed by atoms with Crippen LogP contribution >= 0.6 is 0 Å². The van der Waals surface area contributed by atoms with Crippen molar-refractivity contribution in [2.75, 3.05) is 19.6 Å². The fourth-order valence-corrected chi connectivity index (χ4v) is 7.16. The quantitative estimate of drug-likeness (QED) is 0.0161. The van der Waals surface area contributed by atoms with Crippen molar-refractivity contribution in [2.45, 2.75) is 173 Å². The summed E-state index contributed by atoms with van der Waals surface area (Å²) in [6, 6.07) is -11.5. The van der Waals surface area contributed by atoms with E-state index in [9.17, 15) is 72.9 Å². The van der Waals surface area contributed by atoms with Gasteiger partial charge in [-0.3, -0.25) is 57.7 Å². The minimum absolute atomic E-state index is 0.0122. The van der Waals surface area contributed by atoms with Crippen LogP contribution in [0.1, 0.15) is 125 Å². The minimum Gasteiger partial charge on any atom is -0.481 e. The lowest BCUT2D eigenvalue weighted by Gasteiger charge is -2.28. The smallest absolute Gasteiger partial charge is 0.326 e. The first-order chi connectivity index (χ1) is 35.0. The Labute approximate surface area is 435 Å². The summed E-state index contributed by atoms with van der Waals surface area (Å²) in [4.78, 5) is 158. The van der Waals surface area contributed by atoms with Crippen molar-refractivity contribution in [3.05, 3.63) is 0 Å². The van der Waals surface area contributed by atoms with Crippen LogP contribution < -0.4 is 65.5 Å². The molecule has 75 heavy (non-hydrogen) atoms. The van der Waals surface area contributed by atoms with Gasteiger partial charge in [-0.2, -0.15) is 0 Å². The fourth-order valence-electron chi connectivity index (χ4n) is 7.16. The number of carboxylic acids is 4. The molecule has 29 nitrogen and oxygen atoms in total. The molecule has 0 heterocycles. The molecule has 0 spiro atoms. The number of unbranched alkanes of at least 4 members (excludes halogenated alkanes) is 1. The molecular weight excluding hydrogens is 991 g/mol. The number of amides is 8. The molecular formula is C46H81N13O16. The third kappa shape index (κ3) is 30.6. The van der Waals surface area contributed by atoms with Crippen LogP contribution in [0.3, 0.4) is 0 Å². The van der Waals surface area contributed by atoms with Crippen LogP contribution in [-0.2, 0) is 57.5 Å². The molecule has 20 N–H and O–H groups in total. The normalized spacial score (nSPS) is 14.3. The highest BCUT2D eigenvalue weighted by Crippen LogP contribution is 2.13. The van der Waals surface area contributed by atoms with Crippen LogP contribution in [-0.4, -0.2) is 165 Å². The summed E-state index contributed by atoms with van der Waals surface area (Å²) in [6.45, 7) is 9.74. The molecule has 426 valence electrons. The number of aliphatic imine (C=N–C) groups is 1. The summed E-state index contributed by atoms with van der Waals surface area (Å²) in [7, 11) is 0. The summed E-state index contributed by atoms with van der Waals surface area (Å²) in [6.07, 6.45) is -2.45. The van der Waals surface area contributed by atoms with Gasteiger partial charge in [-0.15, -0.1) is 0 Å². The first-order valence-corrected chi connectivity index (χ1v) is 24.8. The van der Waals surface area contributed by atoms with Gasteiger partial charge in [0.25, 0.3) is 0 Å². The van der Waals surface area contributed by atoms with E-state index in [1.807, 2.05) is 0 Å². The van der Waals surface area contributed by atoms with Gasteiger partial charge in [-0.1, -0.05) is 41.5 Å². The molecule has 0 aromatic carbocycles. The second kappa shape index (κ2) is 35.9. The predicted molar refractivity (Wildman–Crippen MR) is 269 cm³/mol. The molecule has 8 atom stereocenters. The second-order valence-electron chi connectivity index (χ2n) is 19.2. The second-order valence-corrected chi connectivity index (χ2v) is 19.2. The third-order valence-corrected chi connectivity index (χ3v) is 10.9. The highest BCUT2D eigenvalue weighted by Gasteiger charge is 2.34. The molecule has 0 fully saturated rings. The largest absolute Gasteiger partial charge is 0.481 e. The number of nitrogens with two attached hydrogens (primary N) is 4. The topological polar surface area (TPSA) is 498 Å². The summed E-state index contributed by atoms with van der Waals surface area (Å²) >= 11 is 0. The Balaban J connectivity index is 6.52. The molecule has 0 aliphatic carbocycles. The van der Waals surface area contributed by atoms with Gasteiger partial charge >= 0.3 is 23.9 Å². The Kier molecular flexibility index (Phi) is 32.5. The van der Waals surface area contributed by atoms with Gasteiger partial charge in [0.1, 0.15) is 42.3 Å². The maximum absolute atomic E-state index is 13.9. The van der Waals surface area contributed by atoms with Crippen molar-refractivity contribution < 1.29 is 78.0 Å². The number of carboxylic acid groups (broad SMARTS) is 4. The van der Waals surface area contributed by atoms with E-state index >= 15 is 0 Å². The fraction of sp³-hybridized carbons (Fsp3) is 0.717. The standard InChI is InChI=1S/C46H81N13O16/c1-23(2)18-31(57-38(67)26(48)21-37(65)66)44(73)58-32(19-24(3)4)43(72)56-30(13-15-36(63)64)42(71)54-27(10-7-8-16-47)39(68)52-22-34(60)53-29(12-14-35(61)62)41(70)55-28(11-9-17-51-46(49)50)40(69)59-33(45(74)75)20-25(5)6/h23-33H,7-22,47-48H2,1-6H3,(H,52,68)(H,53,60)(H,54,71)(H,55,70)(H,56,72)(H,57,67)(H,58,73)(H,59,69)(H,61,62)(H,63,64)(H,65,66)(H,74,75)(H4,49,50,51)/t26-,27-,28-,29-,30-,31-,32-,33-/m0/s1. The lowest BCUT2D eigenvalue weighted by Crippen LogP contribution is -2.59. The Hall–Kier alpha value is -7.17. The van der Waals surface area contributed by atoms with E-state index in [2.05, 4.69) is 47.5 Å². The average molecular weight is 1070 g/mol. The van der Waals surface area contributed by atoms with E-state index < -0.39 is 158 Å². The number of aliphatic carboxylic acids is 4. The SMILES string of the molecule is CC(C)C[C@H](NC(=O)[C@H](CCCN=C(N)N)NC(=O)[C@H](CCC(=O)O)NC(=O)CNC(=O)[C@H](CCCCN)NC(=O)[C@H](CCC(=O)O)NC(=O)[C@H](CC(C)C)NC(=O)[C@H](CC(C)C)NC(=O)[C@@H](N)CC(=O)O)C(=O)O. The minimum atomic E-state index is -1.62. The Morgan fingerprint density at radius 2 is 0.827 bits per heavy atom. The van der Waals surface area contributed by atoms with Crippen molar-refractivity contribution in [2.24, 2.45) is 45.7 Å². The summed E-state index contributed by atoms with van der Waals surface area (Å²) < 4.78 is 0. The Morgan fingerprint density at radius 1 is 0.453 bits per heavy atom. The molecule has 0 bridgehead atoms. The zero-order valence-electron chi connectivity index (χ0n) is 43.6. The van der Waals surface area contributed by atoms with Gasteiger partial charge < -0.3 is 85.9 Å². The summed E-state index contributed by atoms with van der Waals surface area (Å²) in [5.41, 5.74) is 22.1. The lowest BCUT2D eigenvalue weighted by molar-refractivity contribution is -0.143. The number of guanidine groups is 1. The molecule has 0 radical (unpaired) electrons. The lowest BCUT2D eigenvalue weighted by atomic mass is 9.99. The highest BCUT2D eigenvalue weighted by atomic mass is 16.4. The maximum Gasteiger partial charge on any atom is 0.326 e. The molecule has 0 aliphatic rings. The van der Waals surface area contributed by atoms with Gasteiger partial charge in [0.15, 0.2) is 5.96 Å². The number of rotatable bonds is 39. The van der Waals surface area contributed by atoms with E-state index in [1.165, 1.54) is 0 Å². The maximum atomic E-state index is 13.9. The molecule has 8 amide bonds. The number of carbonyl (C=O) groups excluding carboxylic acids is 8. The highest BCUT2D eigenvalue weighted by molar-refractivity contribution is 5.98. The van der Waals surface area contributed by atoms with E-state index in [-0.39, 0.29) is 81.7 Å². The van der Waals surface area contributed by atoms with Crippen LogP contribution in [0.2, 0.25) is 0 Å². The van der Waals surface area contributed by atoms with E-state index in [0.29, 0.717) is 6.42 Å². The van der Waals surface area contributed by atoms with Gasteiger partial charge in [-0.25, -0.2) is 4.79 Å². The molecule has 0 aromatic rings. The first-order valence-electron chi connectivity index (χ1n) is 24.8. The van der Waals surface area contributed by atoms with Crippen molar-refractivity contribution in [1.82, 2.24) is 42.5 Å². The zero-order valence-corrected chi connectivity index (χ0v) is 43.6. The van der Waals surface area contributed by atoms with Crippen molar-refractivity contribution in [3.8, 4) is 0 Å². The van der Waals surface area contributed by atoms with Crippen LogP contribution in [0.4, 0.5) is 0 Å². The average Bonchev–Trinajstić information content (AvgIpc) is 3.29. The van der Waals surface area contributed by atoms with Crippen LogP contribution in [0.5, 0.6) is 0 Å². The van der Waals surface area contributed by atoms with Gasteiger partial charge in [-0.05, 0) is 88.5 Å². The van der Waals surface area contributed by atoms with Crippen molar-refractivity contribution >= 4 is 77.1 Å². The molecule has 0 saturated carbocycles. The molecule has 0 aromatic heterocycles. The number of nitrogens with zero attached hydrogens (tertiary/aromatic N) is 1. The monoisotopic (exact) mass is 1070 g/mol. The van der Waals surface area contributed by atoms with E-state index in [1.54, 1.807) is 41.5 Å². The van der Waals surface area contributed by atoms with Crippen LogP contribution in [0, 0.1) is 17.8 Å². The van der Waals surface area contributed by atoms with Crippen LogP contribution in [0.25, 0.3) is 0 Å². The van der Waals surface area contributed by atoms with E-state index in [4.69, 9.17) is 28.0 Å². The van der Waals surface area contributed by atoms with Gasteiger partial charge in [0.05, 0.1) is 19.0 Å². The number of carbonyl (C=O) groups is 12. The molecule has 29 heteroatoms. The number of nitrogens with one attached hydrogen (secondary N) is 8. The molecule has 0 saturated heterocycles. The van der Waals surface area contributed by atoms with Crippen molar-refractivity contribution in [1.29, 1.82) is 0 Å². The molecule has 0 unspecified atom stereocenters. The van der Waals surface area contributed by atoms with Crippen molar-refractivity contribution in [3.63, 3.8) is 0 Å². The summed E-state index contributed by atoms with van der Waals surface area (Å²) in [5, 5.41) is 57.1. The first kappa shape index (κ1) is 67.8. The van der Waals surface area contributed by atoms with E-state index in [0.717, 1.165) is 0 Å². The Morgan fingerprint density at radius 3 is 1.24 bits per heavy atom. The summed E-state index contributed by atoms with van der Waals surface area (Å²) in [5.74, 6) is -13.9. The van der Waals surface area contributed by atoms with Gasteiger partial charge in [0, 0.05) is 19.4 Å². The predicted octanol–water partition coefficient (Wildman–Crippen LogP) is -3.57. The Bertz CT molecular complexity index is 1980. The van der Waals surface area contributed by atoms with Gasteiger partial charge in [0.2, 0.25) is 47.3 Å². The number of hydrogen-bond acceptors (Lipinski definition) is 15. The number of hydrogen-bond donors (Lipinski definition) is 16. The molecule has 0 rings (SSSR count). The zero-order chi connectivity index (χ0) is 57.5. The van der Waals surface area contributed by atoms with Crippen LogP contribution in [0.15, 0.2) is 4.99 Å².